The van der Waals surface area contributed by atoms with Gasteiger partial charge in [-0.2, -0.15) is 4.98 Å². The van der Waals surface area contributed by atoms with Crippen LogP contribution in [0.3, 0.4) is 0 Å². The van der Waals surface area contributed by atoms with E-state index in [1.807, 2.05) is 27.7 Å². The van der Waals surface area contributed by atoms with Crippen LogP contribution in [0.4, 0.5) is 9.18 Å². The number of piperazine rings is 1. The van der Waals surface area contributed by atoms with Crippen molar-refractivity contribution in [2.24, 2.45) is 0 Å². The van der Waals surface area contributed by atoms with Gasteiger partial charge in [0, 0.05) is 44.1 Å². The Hall–Kier alpha value is -2.97. The summed E-state index contributed by atoms with van der Waals surface area (Å²) < 4.78 is 24.4. The Bertz CT molecular complexity index is 953. The highest BCUT2D eigenvalue weighted by atomic mass is 19.1. The van der Waals surface area contributed by atoms with E-state index in [1.165, 1.54) is 6.07 Å². The van der Waals surface area contributed by atoms with Crippen molar-refractivity contribution in [3.63, 3.8) is 0 Å². The predicted octanol–water partition coefficient (Wildman–Crippen LogP) is 3.58. The summed E-state index contributed by atoms with van der Waals surface area (Å²) in [5.41, 5.74) is 0.507. The summed E-state index contributed by atoms with van der Waals surface area (Å²) in [6, 6.07) is 4.60. The fraction of sp³-hybridized carbons (Fsp3) is 0.545. The van der Waals surface area contributed by atoms with Crippen LogP contribution < -0.4 is 0 Å². The van der Waals surface area contributed by atoms with Crippen LogP contribution in [-0.4, -0.2) is 63.2 Å². The van der Waals surface area contributed by atoms with E-state index in [2.05, 4.69) is 10.1 Å². The molecule has 2 heterocycles. The molecule has 0 aliphatic carbocycles. The van der Waals surface area contributed by atoms with Gasteiger partial charge >= 0.3 is 6.09 Å². The van der Waals surface area contributed by atoms with E-state index >= 15 is 0 Å². The lowest BCUT2D eigenvalue weighted by molar-refractivity contribution is -0.134. The molecule has 1 fully saturated rings. The third-order valence-electron chi connectivity index (χ3n) is 5.06. The Balaban J connectivity index is 1.52. The first kappa shape index (κ1) is 22.7. The molecule has 168 valence electrons. The maximum absolute atomic E-state index is 13.8. The minimum Gasteiger partial charge on any atom is -0.444 e. The standard InChI is InChI=1S/C22H29FN4O4/c1-14-6-7-16(12-17(14)23)20-24-18(31-25-20)8-9-19(28)26-10-11-27(15(2)13-26)21(29)30-22(3,4)5/h6-7,12,15H,8-11,13H2,1-5H3/t15-/m1/s1. The van der Waals surface area contributed by atoms with Crippen molar-refractivity contribution < 1.29 is 23.2 Å². The number of benzene rings is 1. The highest BCUT2D eigenvalue weighted by Gasteiger charge is 2.32. The van der Waals surface area contributed by atoms with Gasteiger partial charge in [0.25, 0.3) is 0 Å². The van der Waals surface area contributed by atoms with Crippen LogP contribution in [0.5, 0.6) is 0 Å². The molecule has 0 spiro atoms. The second kappa shape index (κ2) is 9.03. The lowest BCUT2D eigenvalue weighted by atomic mass is 10.1. The average molecular weight is 432 g/mol. The van der Waals surface area contributed by atoms with Crippen molar-refractivity contribution in [1.29, 1.82) is 0 Å². The van der Waals surface area contributed by atoms with E-state index in [0.29, 0.717) is 48.9 Å². The molecule has 2 aromatic rings. The number of aromatic nitrogens is 2. The first-order chi connectivity index (χ1) is 14.5. The SMILES string of the molecule is Cc1ccc(-c2noc(CCC(=O)N3CCN(C(=O)OC(C)(C)C)[C@H](C)C3)n2)cc1F. The Kier molecular flexibility index (Phi) is 6.62. The van der Waals surface area contributed by atoms with Crippen molar-refractivity contribution in [2.75, 3.05) is 19.6 Å². The number of hydrogen-bond donors (Lipinski definition) is 0. The number of hydrogen-bond acceptors (Lipinski definition) is 6. The van der Waals surface area contributed by atoms with Gasteiger partial charge in [0.2, 0.25) is 17.6 Å². The fourth-order valence-corrected chi connectivity index (χ4v) is 3.35. The van der Waals surface area contributed by atoms with Gasteiger partial charge in [-0.05, 0) is 46.2 Å². The lowest BCUT2D eigenvalue weighted by Gasteiger charge is -2.40. The molecule has 1 aliphatic rings. The zero-order valence-electron chi connectivity index (χ0n) is 18.6. The number of aryl methyl sites for hydroxylation is 2. The summed E-state index contributed by atoms with van der Waals surface area (Å²) >= 11 is 0. The Morgan fingerprint density at radius 2 is 2.03 bits per heavy atom. The molecule has 31 heavy (non-hydrogen) atoms. The molecule has 0 bridgehead atoms. The summed E-state index contributed by atoms with van der Waals surface area (Å²) in [4.78, 5) is 32.6. The molecule has 0 radical (unpaired) electrons. The molecule has 0 saturated carbocycles. The van der Waals surface area contributed by atoms with Crippen LogP contribution in [0.2, 0.25) is 0 Å². The molecular formula is C22H29FN4O4. The number of rotatable bonds is 4. The molecule has 2 amide bonds. The molecule has 1 atom stereocenters. The number of ether oxygens (including phenoxy) is 1. The molecule has 0 N–H and O–H groups in total. The van der Waals surface area contributed by atoms with Gasteiger partial charge in [-0.25, -0.2) is 9.18 Å². The van der Waals surface area contributed by atoms with E-state index in [1.54, 1.807) is 28.9 Å². The van der Waals surface area contributed by atoms with Crippen molar-refractivity contribution in [3.05, 3.63) is 35.5 Å². The summed E-state index contributed by atoms with van der Waals surface area (Å²) in [7, 11) is 0. The number of carbonyl (C=O) groups excluding carboxylic acids is 2. The summed E-state index contributed by atoms with van der Waals surface area (Å²) in [6.07, 6.45) is 0.141. The van der Waals surface area contributed by atoms with Gasteiger partial charge in [-0.1, -0.05) is 17.3 Å². The number of amides is 2. The van der Waals surface area contributed by atoms with E-state index in [4.69, 9.17) is 9.26 Å². The quantitative estimate of drug-likeness (QED) is 0.734. The van der Waals surface area contributed by atoms with Crippen LogP contribution in [0.25, 0.3) is 11.4 Å². The molecule has 1 aromatic heterocycles. The van der Waals surface area contributed by atoms with Crippen molar-refractivity contribution in [3.8, 4) is 11.4 Å². The molecule has 0 unspecified atom stereocenters. The zero-order chi connectivity index (χ0) is 22.8. The Morgan fingerprint density at radius 3 is 2.68 bits per heavy atom. The van der Waals surface area contributed by atoms with Crippen LogP contribution in [0.1, 0.15) is 45.6 Å². The second-order valence-electron chi connectivity index (χ2n) is 8.84. The van der Waals surface area contributed by atoms with Crippen molar-refractivity contribution in [2.45, 2.75) is 59.1 Å². The van der Waals surface area contributed by atoms with Crippen LogP contribution in [0.15, 0.2) is 22.7 Å². The lowest BCUT2D eigenvalue weighted by Crippen LogP contribution is -2.56. The largest absolute Gasteiger partial charge is 0.444 e. The zero-order valence-corrected chi connectivity index (χ0v) is 18.6. The summed E-state index contributed by atoms with van der Waals surface area (Å²) in [6.45, 7) is 10.4. The molecule has 1 saturated heterocycles. The molecule has 1 aromatic carbocycles. The molecule has 8 nitrogen and oxygen atoms in total. The average Bonchev–Trinajstić information content (AvgIpc) is 3.15. The first-order valence-electron chi connectivity index (χ1n) is 10.4. The highest BCUT2D eigenvalue weighted by molar-refractivity contribution is 5.77. The topological polar surface area (TPSA) is 88.8 Å². The predicted molar refractivity (Wildman–Crippen MR) is 112 cm³/mol. The maximum atomic E-state index is 13.8. The van der Waals surface area contributed by atoms with Crippen LogP contribution in [-0.2, 0) is 16.0 Å². The molecule has 3 rings (SSSR count). The third-order valence-corrected chi connectivity index (χ3v) is 5.06. The van der Waals surface area contributed by atoms with Crippen molar-refractivity contribution in [1.82, 2.24) is 19.9 Å². The molecule has 9 heteroatoms. The van der Waals surface area contributed by atoms with E-state index in [9.17, 15) is 14.0 Å². The fourth-order valence-electron chi connectivity index (χ4n) is 3.35. The third kappa shape index (κ3) is 5.80. The normalized spacial score (nSPS) is 17.0. The van der Waals surface area contributed by atoms with E-state index in [-0.39, 0.29) is 30.3 Å². The van der Waals surface area contributed by atoms with Gasteiger partial charge in [-0.15, -0.1) is 0 Å². The smallest absolute Gasteiger partial charge is 0.410 e. The minimum atomic E-state index is -0.558. The summed E-state index contributed by atoms with van der Waals surface area (Å²) in [5, 5.41) is 3.88. The monoisotopic (exact) mass is 432 g/mol. The van der Waals surface area contributed by atoms with E-state index in [0.717, 1.165) is 0 Å². The first-order valence-corrected chi connectivity index (χ1v) is 10.4. The van der Waals surface area contributed by atoms with Crippen molar-refractivity contribution >= 4 is 12.0 Å². The van der Waals surface area contributed by atoms with Gasteiger partial charge in [0.05, 0.1) is 0 Å². The van der Waals surface area contributed by atoms with Gasteiger partial charge < -0.3 is 19.1 Å². The van der Waals surface area contributed by atoms with Crippen LogP contribution in [0, 0.1) is 12.7 Å². The van der Waals surface area contributed by atoms with Gasteiger partial charge in [-0.3, -0.25) is 4.79 Å². The van der Waals surface area contributed by atoms with Gasteiger partial charge in [0.15, 0.2) is 0 Å². The Morgan fingerprint density at radius 1 is 1.29 bits per heavy atom. The maximum Gasteiger partial charge on any atom is 0.410 e. The second-order valence-corrected chi connectivity index (χ2v) is 8.84. The van der Waals surface area contributed by atoms with Crippen LogP contribution >= 0.6 is 0 Å². The van der Waals surface area contributed by atoms with E-state index < -0.39 is 5.60 Å². The Labute approximate surface area is 181 Å². The number of nitrogens with zero attached hydrogens (tertiary/aromatic N) is 4. The van der Waals surface area contributed by atoms with Gasteiger partial charge in [0.1, 0.15) is 11.4 Å². The number of carbonyl (C=O) groups is 2. The minimum absolute atomic E-state index is 0.0446. The molecule has 1 aliphatic heterocycles. The highest BCUT2D eigenvalue weighted by Crippen LogP contribution is 2.20. The summed E-state index contributed by atoms with van der Waals surface area (Å²) in [5.74, 6) is 0.237. The molecular weight excluding hydrogens is 403 g/mol. The number of halogens is 1.